The molecule has 0 aliphatic carbocycles. The zero-order valence-corrected chi connectivity index (χ0v) is 20.3. The molecule has 180 valence electrons. The first kappa shape index (κ1) is 23.8. The fourth-order valence-corrected chi connectivity index (χ4v) is 4.02. The molecule has 1 N–H and O–H groups in total. The van der Waals surface area contributed by atoms with Gasteiger partial charge in [-0.3, -0.25) is 4.79 Å². The van der Waals surface area contributed by atoms with Crippen molar-refractivity contribution in [1.82, 2.24) is 25.1 Å². The maximum absolute atomic E-state index is 12.3. The highest BCUT2D eigenvalue weighted by Gasteiger charge is 2.20. The lowest BCUT2D eigenvalue weighted by molar-refractivity contribution is -0.116. The molecule has 0 radical (unpaired) electrons. The number of anilines is 1. The fraction of sp³-hybridized carbons (Fsp3) is 0.391. The van der Waals surface area contributed by atoms with E-state index in [1.54, 1.807) is 37.2 Å². The Bertz CT molecular complexity index is 1180. The SMILES string of the molecule is COc1ccc(/C=C\C(=O)NCCn2ncc3c(N4CCOCC4)nc(SC)nc32)cc1OC. The number of hydrogen-bond donors (Lipinski definition) is 1. The number of rotatable bonds is 9. The number of aromatic nitrogens is 4. The summed E-state index contributed by atoms with van der Waals surface area (Å²) in [5, 5.41) is 8.99. The second kappa shape index (κ2) is 11.2. The highest BCUT2D eigenvalue weighted by atomic mass is 32.2. The molecule has 0 bridgehead atoms. The van der Waals surface area contributed by atoms with Gasteiger partial charge >= 0.3 is 0 Å². The quantitative estimate of drug-likeness (QED) is 0.278. The van der Waals surface area contributed by atoms with Crippen LogP contribution in [0.2, 0.25) is 0 Å². The van der Waals surface area contributed by atoms with E-state index in [1.165, 1.54) is 17.8 Å². The second-order valence-corrected chi connectivity index (χ2v) is 8.25. The van der Waals surface area contributed by atoms with Gasteiger partial charge in [-0.15, -0.1) is 0 Å². The Labute approximate surface area is 202 Å². The number of methoxy groups -OCH3 is 2. The third-order valence-corrected chi connectivity index (χ3v) is 5.95. The molecule has 34 heavy (non-hydrogen) atoms. The number of nitrogens with zero attached hydrogens (tertiary/aromatic N) is 5. The van der Waals surface area contributed by atoms with E-state index in [-0.39, 0.29) is 5.91 Å². The van der Waals surface area contributed by atoms with E-state index in [0.717, 1.165) is 35.5 Å². The van der Waals surface area contributed by atoms with Crippen molar-refractivity contribution in [2.75, 3.05) is 58.2 Å². The van der Waals surface area contributed by atoms with Crippen molar-refractivity contribution in [2.24, 2.45) is 0 Å². The number of hydrogen-bond acceptors (Lipinski definition) is 9. The molecular weight excluding hydrogens is 456 g/mol. The normalized spacial score (nSPS) is 14.0. The van der Waals surface area contributed by atoms with Crippen molar-refractivity contribution in [3.63, 3.8) is 0 Å². The number of ether oxygens (including phenoxy) is 3. The summed E-state index contributed by atoms with van der Waals surface area (Å²) in [4.78, 5) is 23.9. The van der Waals surface area contributed by atoms with Crippen LogP contribution in [0.15, 0.2) is 35.6 Å². The van der Waals surface area contributed by atoms with Crippen LogP contribution in [0.1, 0.15) is 5.56 Å². The van der Waals surface area contributed by atoms with Crippen molar-refractivity contribution in [2.45, 2.75) is 11.7 Å². The molecule has 1 saturated heterocycles. The molecule has 0 saturated carbocycles. The van der Waals surface area contributed by atoms with Crippen molar-refractivity contribution >= 4 is 40.6 Å². The molecule has 1 fully saturated rings. The lowest BCUT2D eigenvalue weighted by atomic mass is 10.2. The molecule has 1 aliphatic heterocycles. The van der Waals surface area contributed by atoms with Gasteiger partial charge in [0.25, 0.3) is 0 Å². The molecule has 0 spiro atoms. The van der Waals surface area contributed by atoms with Crippen molar-refractivity contribution in [3.8, 4) is 11.5 Å². The molecule has 0 atom stereocenters. The number of thioether (sulfide) groups is 1. The van der Waals surface area contributed by atoms with E-state index < -0.39 is 0 Å². The van der Waals surface area contributed by atoms with Gasteiger partial charge in [0.05, 0.1) is 45.6 Å². The van der Waals surface area contributed by atoms with Crippen LogP contribution < -0.4 is 19.7 Å². The van der Waals surface area contributed by atoms with E-state index in [1.807, 2.05) is 18.4 Å². The predicted molar refractivity (Wildman–Crippen MR) is 132 cm³/mol. The second-order valence-electron chi connectivity index (χ2n) is 7.48. The maximum atomic E-state index is 12.3. The van der Waals surface area contributed by atoms with Crippen LogP contribution in [0.25, 0.3) is 17.1 Å². The summed E-state index contributed by atoms with van der Waals surface area (Å²) in [5.41, 5.74) is 1.60. The number of benzene rings is 1. The summed E-state index contributed by atoms with van der Waals surface area (Å²) in [6.45, 7) is 3.83. The topological polar surface area (TPSA) is 104 Å². The highest BCUT2D eigenvalue weighted by Crippen LogP contribution is 2.28. The van der Waals surface area contributed by atoms with Crippen molar-refractivity contribution in [1.29, 1.82) is 0 Å². The number of fused-ring (bicyclic) bond motifs is 1. The number of carbonyl (C=O) groups excluding carboxylic acids is 1. The van der Waals surface area contributed by atoms with Crippen LogP contribution in [-0.4, -0.2) is 79.0 Å². The van der Waals surface area contributed by atoms with Crippen LogP contribution in [0.5, 0.6) is 11.5 Å². The van der Waals surface area contributed by atoms with Crippen LogP contribution >= 0.6 is 11.8 Å². The number of nitrogens with one attached hydrogen (secondary N) is 1. The maximum Gasteiger partial charge on any atom is 0.244 e. The minimum Gasteiger partial charge on any atom is -0.493 e. The van der Waals surface area contributed by atoms with E-state index >= 15 is 0 Å². The average molecular weight is 485 g/mol. The third-order valence-electron chi connectivity index (χ3n) is 5.41. The average Bonchev–Trinajstić information content (AvgIpc) is 3.29. The zero-order valence-electron chi connectivity index (χ0n) is 19.5. The van der Waals surface area contributed by atoms with E-state index in [4.69, 9.17) is 19.2 Å². The van der Waals surface area contributed by atoms with Crippen LogP contribution in [-0.2, 0) is 16.1 Å². The lowest BCUT2D eigenvalue weighted by Gasteiger charge is -2.28. The third kappa shape index (κ3) is 5.42. The van der Waals surface area contributed by atoms with Gasteiger partial charge in [-0.1, -0.05) is 17.8 Å². The molecule has 1 aliphatic rings. The van der Waals surface area contributed by atoms with E-state index in [0.29, 0.717) is 43.0 Å². The lowest BCUT2D eigenvalue weighted by Crippen LogP contribution is -2.37. The summed E-state index contributed by atoms with van der Waals surface area (Å²) in [7, 11) is 3.16. The highest BCUT2D eigenvalue weighted by molar-refractivity contribution is 7.98. The Balaban J connectivity index is 1.40. The van der Waals surface area contributed by atoms with Gasteiger partial charge in [0.2, 0.25) is 5.91 Å². The molecule has 11 heteroatoms. The summed E-state index contributed by atoms with van der Waals surface area (Å²) >= 11 is 1.50. The Kier molecular flexibility index (Phi) is 7.86. The van der Waals surface area contributed by atoms with Crippen molar-refractivity contribution < 1.29 is 19.0 Å². The molecule has 4 rings (SSSR count). The van der Waals surface area contributed by atoms with Crippen molar-refractivity contribution in [3.05, 3.63) is 36.0 Å². The van der Waals surface area contributed by atoms with Gasteiger partial charge in [0, 0.05) is 25.7 Å². The first-order valence-corrected chi connectivity index (χ1v) is 12.1. The minimum absolute atomic E-state index is 0.195. The number of morpholine rings is 1. The van der Waals surface area contributed by atoms with Gasteiger partial charge in [-0.05, 0) is 30.0 Å². The van der Waals surface area contributed by atoms with Gasteiger partial charge in [0.15, 0.2) is 22.3 Å². The zero-order chi connectivity index (χ0) is 23.9. The Morgan fingerprint density at radius 3 is 2.74 bits per heavy atom. The standard InChI is InChI=1S/C23H28N6O4S/c1-31-18-6-4-16(14-19(18)32-2)5-7-20(30)24-8-9-29-22-17(15-25-29)21(26-23(27-22)34-3)28-10-12-33-13-11-28/h4-7,14-15H,8-13H2,1-3H3,(H,24,30)/b7-5-. The Morgan fingerprint density at radius 1 is 1.21 bits per heavy atom. The van der Waals surface area contributed by atoms with Gasteiger partial charge < -0.3 is 24.4 Å². The number of carbonyl (C=O) groups is 1. The minimum atomic E-state index is -0.195. The van der Waals surface area contributed by atoms with Crippen LogP contribution in [0, 0.1) is 0 Å². The Hall–Kier alpha value is -3.31. The predicted octanol–water partition coefficient (Wildman–Crippen LogP) is 2.23. The largest absolute Gasteiger partial charge is 0.493 e. The Morgan fingerprint density at radius 2 is 2.00 bits per heavy atom. The smallest absolute Gasteiger partial charge is 0.244 e. The molecule has 0 unspecified atom stereocenters. The molecule has 3 heterocycles. The molecule has 3 aromatic rings. The fourth-order valence-electron chi connectivity index (χ4n) is 3.66. The first-order chi connectivity index (χ1) is 16.6. The molecule has 10 nitrogen and oxygen atoms in total. The van der Waals surface area contributed by atoms with E-state index in [9.17, 15) is 4.79 Å². The summed E-state index contributed by atoms with van der Waals surface area (Å²) in [6, 6.07) is 5.47. The van der Waals surface area contributed by atoms with E-state index in [2.05, 4.69) is 20.3 Å². The molecule has 1 amide bonds. The summed E-state index contributed by atoms with van der Waals surface area (Å²) < 4.78 is 17.8. The monoisotopic (exact) mass is 484 g/mol. The summed E-state index contributed by atoms with van der Waals surface area (Å²) in [6.07, 6.45) is 6.97. The van der Waals surface area contributed by atoms with Gasteiger partial charge in [0.1, 0.15) is 5.82 Å². The van der Waals surface area contributed by atoms with Gasteiger partial charge in [-0.2, -0.15) is 5.10 Å². The molecular formula is C23H28N6O4S. The molecule has 2 aromatic heterocycles. The molecule has 1 aromatic carbocycles. The number of amides is 1. The first-order valence-electron chi connectivity index (χ1n) is 10.9. The van der Waals surface area contributed by atoms with Gasteiger partial charge in [-0.25, -0.2) is 14.6 Å². The summed E-state index contributed by atoms with van der Waals surface area (Å²) in [5.74, 6) is 1.94. The van der Waals surface area contributed by atoms with Crippen LogP contribution in [0.4, 0.5) is 5.82 Å². The van der Waals surface area contributed by atoms with Crippen LogP contribution in [0.3, 0.4) is 0 Å².